The van der Waals surface area contributed by atoms with Crippen LogP contribution in [0.15, 0.2) is 0 Å². The zero-order chi connectivity index (χ0) is 17.6. The van der Waals surface area contributed by atoms with Gasteiger partial charge in [-0.3, -0.25) is 15.0 Å². The molecule has 4 bridgehead atoms. The molecule has 140 valence electrons. The Bertz CT molecular complexity index is 504. The predicted octanol–water partition coefficient (Wildman–Crippen LogP) is 2.90. The van der Waals surface area contributed by atoms with Crippen LogP contribution in [0.3, 0.4) is 0 Å². The average molecular weight is 348 g/mol. The molecule has 0 aromatic carbocycles. The highest BCUT2D eigenvalue weighted by molar-refractivity contribution is 5.97. The SMILES string of the molecule is CC1CCN(C(C)C(=O)NC(=O)NC23CC4CC(CC(C4)C2)C3)CC1. The lowest BCUT2D eigenvalue weighted by Crippen LogP contribution is -2.62. The summed E-state index contributed by atoms with van der Waals surface area (Å²) < 4.78 is 0. The van der Waals surface area contributed by atoms with E-state index >= 15 is 0 Å². The maximum absolute atomic E-state index is 12.5. The second-order valence-corrected chi connectivity index (χ2v) is 9.54. The lowest BCUT2D eigenvalue weighted by atomic mass is 9.53. The minimum atomic E-state index is -0.274. The van der Waals surface area contributed by atoms with Crippen LogP contribution in [0.4, 0.5) is 4.79 Å². The molecule has 2 N–H and O–H groups in total. The minimum absolute atomic E-state index is 0.0388. The molecule has 25 heavy (non-hydrogen) atoms. The zero-order valence-corrected chi connectivity index (χ0v) is 15.7. The van der Waals surface area contributed by atoms with Crippen LogP contribution < -0.4 is 10.6 Å². The summed E-state index contributed by atoms with van der Waals surface area (Å²) in [4.78, 5) is 27.2. The number of amides is 3. The molecule has 1 heterocycles. The first kappa shape index (κ1) is 17.3. The molecule has 1 aliphatic heterocycles. The molecule has 5 nitrogen and oxygen atoms in total. The van der Waals surface area contributed by atoms with E-state index in [1.165, 1.54) is 19.3 Å². The molecular weight excluding hydrogens is 314 g/mol. The van der Waals surface area contributed by atoms with Crippen LogP contribution in [-0.4, -0.2) is 41.5 Å². The highest BCUT2D eigenvalue weighted by Gasteiger charge is 2.51. The molecular formula is C20H33N3O2. The largest absolute Gasteiger partial charge is 0.332 e. The first-order valence-electron chi connectivity index (χ1n) is 10.3. The molecule has 4 saturated carbocycles. The smallest absolute Gasteiger partial charge is 0.321 e. The molecule has 5 heteroatoms. The van der Waals surface area contributed by atoms with Crippen molar-refractivity contribution < 1.29 is 9.59 Å². The third-order valence-corrected chi connectivity index (χ3v) is 7.40. The monoisotopic (exact) mass is 347 g/mol. The third-order valence-electron chi connectivity index (χ3n) is 7.40. The highest BCUT2D eigenvalue weighted by Crippen LogP contribution is 2.55. The van der Waals surface area contributed by atoms with Gasteiger partial charge in [0, 0.05) is 5.54 Å². The number of likely N-dealkylation sites (tertiary alicyclic amines) is 1. The standard InChI is InChI=1S/C20H33N3O2/c1-13-3-5-23(6-4-13)14(2)18(24)21-19(25)22-20-10-15-7-16(11-20)9-17(8-15)12-20/h13-17H,3-12H2,1-2H3,(H2,21,22,24,25). The fraction of sp³-hybridized carbons (Fsp3) is 0.900. The number of nitrogens with zero attached hydrogens (tertiary/aromatic N) is 1. The third kappa shape index (κ3) is 3.57. The summed E-state index contributed by atoms with van der Waals surface area (Å²) >= 11 is 0. The topological polar surface area (TPSA) is 61.4 Å². The van der Waals surface area contributed by atoms with Gasteiger partial charge in [0.15, 0.2) is 0 Å². The Balaban J connectivity index is 1.31. The van der Waals surface area contributed by atoms with E-state index in [-0.39, 0.29) is 23.5 Å². The Labute approximate surface area is 151 Å². The summed E-state index contributed by atoms with van der Waals surface area (Å²) in [5.74, 6) is 2.95. The Morgan fingerprint density at radius 2 is 1.52 bits per heavy atom. The summed E-state index contributed by atoms with van der Waals surface area (Å²) in [6.45, 7) is 6.09. The Morgan fingerprint density at radius 3 is 2.04 bits per heavy atom. The van der Waals surface area contributed by atoms with Gasteiger partial charge in [-0.05, 0) is 95.1 Å². The van der Waals surface area contributed by atoms with Crippen LogP contribution in [0.25, 0.3) is 0 Å². The molecule has 1 atom stereocenters. The molecule has 0 radical (unpaired) electrons. The second kappa shape index (κ2) is 6.57. The molecule has 3 amide bonds. The molecule has 5 aliphatic rings. The molecule has 0 spiro atoms. The van der Waals surface area contributed by atoms with Gasteiger partial charge >= 0.3 is 6.03 Å². The van der Waals surface area contributed by atoms with Gasteiger partial charge in [-0.2, -0.15) is 0 Å². The van der Waals surface area contributed by atoms with Gasteiger partial charge in [0.05, 0.1) is 6.04 Å². The normalized spacial score (nSPS) is 39.2. The second-order valence-electron chi connectivity index (χ2n) is 9.54. The number of hydrogen-bond donors (Lipinski definition) is 2. The van der Waals surface area contributed by atoms with Gasteiger partial charge in [-0.1, -0.05) is 6.92 Å². The minimum Gasteiger partial charge on any atom is -0.332 e. The van der Waals surface area contributed by atoms with E-state index < -0.39 is 0 Å². The zero-order valence-electron chi connectivity index (χ0n) is 15.7. The molecule has 5 fully saturated rings. The van der Waals surface area contributed by atoms with Gasteiger partial charge in [-0.15, -0.1) is 0 Å². The summed E-state index contributed by atoms with van der Waals surface area (Å²) in [5.41, 5.74) is -0.0388. The molecule has 1 saturated heterocycles. The highest BCUT2D eigenvalue weighted by atomic mass is 16.2. The average Bonchev–Trinajstić information content (AvgIpc) is 2.52. The molecule has 0 aromatic heterocycles. The number of hydrogen-bond acceptors (Lipinski definition) is 3. The van der Waals surface area contributed by atoms with Gasteiger partial charge in [-0.25, -0.2) is 4.79 Å². The fourth-order valence-corrected chi connectivity index (χ4v) is 6.33. The first-order chi connectivity index (χ1) is 11.9. The quantitative estimate of drug-likeness (QED) is 0.825. The number of carbonyl (C=O) groups excluding carboxylic acids is 2. The van der Waals surface area contributed by atoms with E-state index in [2.05, 4.69) is 22.5 Å². The van der Waals surface area contributed by atoms with Crippen LogP contribution in [0.2, 0.25) is 0 Å². The van der Waals surface area contributed by atoms with Gasteiger partial charge in [0.25, 0.3) is 0 Å². The van der Waals surface area contributed by atoms with Gasteiger partial charge < -0.3 is 5.32 Å². The van der Waals surface area contributed by atoms with Crippen molar-refractivity contribution in [1.82, 2.24) is 15.5 Å². The van der Waals surface area contributed by atoms with E-state index in [1.807, 2.05) is 6.92 Å². The molecule has 4 aliphatic carbocycles. The Hall–Kier alpha value is -1.10. The van der Waals surface area contributed by atoms with Crippen molar-refractivity contribution in [3.05, 3.63) is 0 Å². The number of rotatable bonds is 3. The lowest BCUT2D eigenvalue weighted by Gasteiger charge is -2.56. The van der Waals surface area contributed by atoms with Crippen LogP contribution in [0.5, 0.6) is 0 Å². The lowest BCUT2D eigenvalue weighted by molar-refractivity contribution is -0.125. The van der Waals surface area contributed by atoms with E-state index in [4.69, 9.17) is 0 Å². The van der Waals surface area contributed by atoms with Crippen LogP contribution in [0, 0.1) is 23.7 Å². The van der Waals surface area contributed by atoms with E-state index in [9.17, 15) is 9.59 Å². The summed E-state index contributed by atoms with van der Waals surface area (Å²) in [5, 5.41) is 5.86. The van der Waals surface area contributed by atoms with Crippen LogP contribution in [0.1, 0.15) is 65.2 Å². The first-order valence-corrected chi connectivity index (χ1v) is 10.3. The molecule has 0 aromatic rings. The van der Waals surface area contributed by atoms with Crippen molar-refractivity contribution in [2.75, 3.05) is 13.1 Å². The summed E-state index contributed by atoms with van der Waals surface area (Å²) in [6.07, 6.45) is 9.67. The van der Waals surface area contributed by atoms with Crippen molar-refractivity contribution in [1.29, 1.82) is 0 Å². The van der Waals surface area contributed by atoms with Gasteiger partial charge in [0.2, 0.25) is 5.91 Å². The van der Waals surface area contributed by atoms with E-state index in [0.717, 1.165) is 68.9 Å². The molecule has 1 unspecified atom stereocenters. The number of nitrogens with one attached hydrogen (secondary N) is 2. The van der Waals surface area contributed by atoms with Crippen LogP contribution in [-0.2, 0) is 4.79 Å². The van der Waals surface area contributed by atoms with Crippen molar-refractivity contribution in [3.8, 4) is 0 Å². The van der Waals surface area contributed by atoms with Gasteiger partial charge in [0.1, 0.15) is 0 Å². The fourth-order valence-electron chi connectivity index (χ4n) is 6.33. The van der Waals surface area contributed by atoms with E-state index in [0.29, 0.717) is 0 Å². The van der Waals surface area contributed by atoms with Crippen molar-refractivity contribution >= 4 is 11.9 Å². The number of carbonyl (C=O) groups is 2. The van der Waals surface area contributed by atoms with Crippen molar-refractivity contribution in [2.45, 2.75) is 76.8 Å². The van der Waals surface area contributed by atoms with Crippen molar-refractivity contribution in [2.24, 2.45) is 23.7 Å². The summed E-state index contributed by atoms with van der Waals surface area (Å²) in [7, 11) is 0. The maximum atomic E-state index is 12.5. The number of piperidine rings is 1. The maximum Gasteiger partial charge on any atom is 0.321 e. The van der Waals surface area contributed by atoms with Crippen LogP contribution >= 0.6 is 0 Å². The van der Waals surface area contributed by atoms with E-state index in [1.54, 1.807) is 0 Å². The number of imide groups is 1. The Kier molecular flexibility index (Phi) is 4.55. The predicted molar refractivity (Wildman–Crippen MR) is 97.0 cm³/mol. The van der Waals surface area contributed by atoms with Crippen molar-refractivity contribution in [3.63, 3.8) is 0 Å². The Morgan fingerprint density at radius 1 is 1.00 bits per heavy atom. The molecule has 5 rings (SSSR count). The summed E-state index contributed by atoms with van der Waals surface area (Å²) in [6, 6.07) is -0.501. The number of urea groups is 1.